The topological polar surface area (TPSA) is 17.3 Å². The Morgan fingerprint density at radius 1 is 0.356 bits per heavy atom. The lowest BCUT2D eigenvalue weighted by Crippen LogP contribution is -1.92. The van der Waals surface area contributed by atoms with Crippen molar-refractivity contribution in [2.24, 2.45) is 0 Å². The molecule has 0 saturated carbocycles. The molecule has 2 heterocycles. The molecule has 0 aliphatic carbocycles. The van der Waals surface area contributed by atoms with Gasteiger partial charge in [-0.3, -0.25) is 4.40 Å². The molecule has 208 valence electrons. The lowest BCUT2D eigenvalue weighted by atomic mass is 9.85. The molecule has 10 rings (SSSR count). The van der Waals surface area contributed by atoms with Gasteiger partial charge in [-0.05, 0) is 90.3 Å². The molecular weight excluding hydrogens is 544 g/mol. The zero-order valence-corrected chi connectivity index (χ0v) is 24.4. The highest BCUT2D eigenvalue weighted by atomic mass is 15.0. The standard InChI is InChI=1S/C43H26N2/c1-2-12-27(13-3-1)41-33-18-7-8-19-34(33)42(37-25-29-15-5-4-14-28(29)24-36(37)41)30-22-23-40-38(26-30)44-43-35-20-9-6-16-31(35)32-17-10-11-21-39(32)45(40)43/h1-26H. The Hall–Kier alpha value is -5.99. The van der Waals surface area contributed by atoms with Gasteiger partial charge in [0.05, 0.1) is 16.6 Å². The monoisotopic (exact) mass is 570 g/mol. The second-order valence-electron chi connectivity index (χ2n) is 11.9. The van der Waals surface area contributed by atoms with Crippen LogP contribution in [0.4, 0.5) is 0 Å². The summed E-state index contributed by atoms with van der Waals surface area (Å²) in [6.07, 6.45) is 0. The molecule has 0 fully saturated rings. The van der Waals surface area contributed by atoms with E-state index in [2.05, 4.69) is 162 Å². The number of nitrogens with zero attached hydrogens (tertiary/aromatic N) is 2. The van der Waals surface area contributed by atoms with Gasteiger partial charge in [0.2, 0.25) is 0 Å². The molecule has 0 aliphatic heterocycles. The van der Waals surface area contributed by atoms with Crippen LogP contribution in [0, 0.1) is 0 Å². The average Bonchev–Trinajstić information content (AvgIpc) is 3.49. The summed E-state index contributed by atoms with van der Waals surface area (Å²) in [7, 11) is 0. The second-order valence-corrected chi connectivity index (χ2v) is 11.9. The highest BCUT2D eigenvalue weighted by Crippen LogP contribution is 2.45. The summed E-state index contributed by atoms with van der Waals surface area (Å²) in [4.78, 5) is 5.32. The summed E-state index contributed by atoms with van der Waals surface area (Å²) in [5.41, 5.74) is 9.23. The van der Waals surface area contributed by atoms with Gasteiger partial charge in [0, 0.05) is 10.8 Å². The molecule has 0 spiro atoms. The third-order valence-corrected chi connectivity index (χ3v) is 9.50. The van der Waals surface area contributed by atoms with Crippen LogP contribution in [0.1, 0.15) is 0 Å². The largest absolute Gasteiger partial charge is 0.292 e. The van der Waals surface area contributed by atoms with Crippen LogP contribution < -0.4 is 0 Å². The Morgan fingerprint density at radius 2 is 0.911 bits per heavy atom. The van der Waals surface area contributed by atoms with Crippen LogP contribution in [0.2, 0.25) is 0 Å². The van der Waals surface area contributed by atoms with Gasteiger partial charge in [-0.2, -0.15) is 0 Å². The Morgan fingerprint density at radius 3 is 1.62 bits per heavy atom. The number of pyridine rings is 1. The number of hydrogen-bond acceptors (Lipinski definition) is 1. The van der Waals surface area contributed by atoms with Crippen molar-refractivity contribution in [1.82, 2.24) is 9.38 Å². The molecule has 8 aromatic carbocycles. The Bertz CT molecular complexity index is 2810. The van der Waals surface area contributed by atoms with Crippen molar-refractivity contribution < 1.29 is 0 Å². The summed E-state index contributed by atoms with van der Waals surface area (Å²) in [5.74, 6) is 0. The van der Waals surface area contributed by atoms with E-state index in [4.69, 9.17) is 4.98 Å². The van der Waals surface area contributed by atoms with Gasteiger partial charge in [-0.15, -0.1) is 0 Å². The normalized spacial score (nSPS) is 12.0. The van der Waals surface area contributed by atoms with Crippen molar-refractivity contribution in [3.63, 3.8) is 0 Å². The maximum absolute atomic E-state index is 5.32. The first-order chi connectivity index (χ1) is 22.3. The fourth-order valence-corrected chi connectivity index (χ4v) is 7.56. The summed E-state index contributed by atoms with van der Waals surface area (Å²) < 4.78 is 2.33. The molecule has 2 heteroatoms. The number of imidazole rings is 1. The number of hydrogen-bond donors (Lipinski definition) is 0. The fraction of sp³-hybridized carbons (Fsp3) is 0. The van der Waals surface area contributed by atoms with E-state index < -0.39 is 0 Å². The van der Waals surface area contributed by atoms with Crippen LogP contribution in [0.5, 0.6) is 0 Å². The Balaban J connectivity index is 1.35. The summed E-state index contributed by atoms with van der Waals surface area (Å²) in [6.45, 7) is 0. The van der Waals surface area contributed by atoms with E-state index in [1.165, 1.54) is 76.2 Å². The van der Waals surface area contributed by atoms with E-state index in [0.29, 0.717) is 0 Å². The maximum atomic E-state index is 5.32. The molecule has 0 bridgehead atoms. The summed E-state index contributed by atoms with van der Waals surface area (Å²) in [6, 6.07) is 57.3. The minimum atomic E-state index is 0.997. The maximum Gasteiger partial charge on any atom is 0.146 e. The van der Waals surface area contributed by atoms with E-state index >= 15 is 0 Å². The molecule has 0 atom stereocenters. The molecule has 0 unspecified atom stereocenters. The molecule has 45 heavy (non-hydrogen) atoms. The van der Waals surface area contributed by atoms with Crippen molar-refractivity contribution in [3.05, 3.63) is 158 Å². The zero-order valence-electron chi connectivity index (χ0n) is 24.4. The van der Waals surface area contributed by atoms with Crippen LogP contribution in [0.3, 0.4) is 0 Å². The highest BCUT2D eigenvalue weighted by Gasteiger charge is 2.19. The van der Waals surface area contributed by atoms with E-state index in [0.717, 1.165) is 16.7 Å². The third kappa shape index (κ3) is 3.48. The molecule has 0 aliphatic rings. The zero-order chi connectivity index (χ0) is 29.5. The van der Waals surface area contributed by atoms with E-state index in [1.807, 2.05) is 0 Å². The average molecular weight is 571 g/mol. The van der Waals surface area contributed by atoms with Gasteiger partial charge in [0.25, 0.3) is 0 Å². The van der Waals surface area contributed by atoms with Gasteiger partial charge in [0.1, 0.15) is 5.65 Å². The molecular formula is C43H26N2. The van der Waals surface area contributed by atoms with Crippen molar-refractivity contribution in [2.75, 3.05) is 0 Å². The highest BCUT2D eigenvalue weighted by molar-refractivity contribution is 6.24. The SMILES string of the molecule is c1ccc(-c2c3ccccc3c(-c3ccc4c(c3)nc3c5ccccc5c5ccccc5n43)c3cc4ccccc4cc23)cc1. The minimum absolute atomic E-state index is 0.997. The van der Waals surface area contributed by atoms with E-state index in [-0.39, 0.29) is 0 Å². The van der Waals surface area contributed by atoms with Crippen molar-refractivity contribution in [3.8, 4) is 22.3 Å². The predicted molar refractivity (Wildman–Crippen MR) is 191 cm³/mol. The molecule has 10 aromatic rings. The van der Waals surface area contributed by atoms with Crippen LogP contribution in [0.25, 0.3) is 92.9 Å². The van der Waals surface area contributed by atoms with Gasteiger partial charge >= 0.3 is 0 Å². The fourth-order valence-electron chi connectivity index (χ4n) is 7.56. The molecule has 2 aromatic heterocycles. The first-order valence-electron chi connectivity index (χ1n) is 15.5. The van der Waals surface area contributed by atoms with Crippen LogP contribution in [-0.2, 0) is 0 Å². The summed E-state index contributed by atoms with van der Waals surface area (Å²) in [5, 5.41) is 11.2. The van der Waals surface area contributed by atoms with Crippen molar-refractivity contribution in [1.29, 1.82) is 0 Å². The Kier molecular flexibility index (Phi) is 5.03. The van der Waals surface area contributed by atoms with Crippen LogP contribution >= 0.6 is 0 Å². The molecule has 2 nitrogen and oxygen atoms in total. The number of rotatable bonds is 2. The van der Waals surface area contributed by atoms with E-state index in [1.54, 1.807) is 0 Å². The number of fused-ring (bicyclic) bond motifs is 11. The predicted octanol–water partition coefficient (Wildman–Crippen LogP) is 11.6. The van der Waals surface area contributed by atoms with Gasteiger partial charge in [-0.1, -0.05) is 127 Å². The third-order valence-electron chi connectivity index (χ3n) is 9.50. The quantitative estimate of drug-likeness (QED) is 0.149. The first-order valence-corrected chi connectivity index (χ1v) is 15.5. The van der Waals surface area contributed by atoms with Crippen LogP contribution in [-0.4, -0.2) is 9.38 Å². The smallest absolute Gasteiger partial charge is 0.146 e. The van der Waals surface area contributed by atoms with Crippen molar-refractivity contribution >= 4 is 70.7 Å². The van der Waals surface area contributed by atoms with Crippen molar-refractivity contribution in [2.45, 2.75) is 0 Å². The molecule has 0 radical (unpaired) electrons. The summed E-state index contributed by atoms with van der Waals surface area (Å²) >= 11 is 0. The molecule has 0 amide bonds. The van der Waals surface area contributed by atoms with E-state index in [9.17, 15) is 0 Å². The van der Waals surface area contributed by atoms with Gasteiger partial charge in [-0.25, -0.2) is 4.98 Å². The first kappa shape index (κ1) is 24.5. The van der Waals surface area contributed by atoms with Gasteiger partial charge < -0.3 is 0 Å². The second kappa shape index (κ2) is 9.25. The molecule has 0 N–H and O–H groups in total. The Labute approximate surface area is 259 Å². The minimum Gasteiger partial charge on any atom is -0.292 e. The number of benzene rings is 8. The number of aromatic nitrogens is 2. The number of para-hydroxylation sites is 1. The lowest BCUT2D eigenvalue weighted by Gasteiger charge is -2.18. The lowest BCUT2D eigenvalue weighted by molar-refractivity contribution is 1.31. The van der Waals surface area contributed by atoms with Crippen LogP contribution in [0.15, 0.2) is 158 Å². The molecule has 0 saturated heterocycles. The van der Waals surface area contributed by atoms with Gasteiger partial charge in [0.15, 0.2) is 0 Å².